The van der Waals surface area contributed by atoms with Gasteiger partial charge in [-0.25, -0.2) is 0 Å². The number of nitrogens with two attached hydrogens (primary N) is 1. The number of hydrogen-bond acceptors (Lipinski definition) is 4. The van der Waals surface area contributed by atoms with Crippen molar-refractivity contribution in [3.8, 4) is 5.75 Å². The highest BCUT2D eigenvalue weighted by Gasteiger charge is 2.30. The maximum atomic E-state index is 12.4. The van der Waals surface area contributed by atoms with Crippen molar-refractivity contribution >= 4 is 11.6 Å². The number of carbonyl (C=O) groups is 1. The van der Waals surface area contributed by atoms with E-state index in [0.29, 0.717) is 42.9 Å². The van der Waals surface area contributed by atoms with Crippen LogP contribution in [0.3, 0.4) is 0 Å². The van der Waals surface area contributed by atoms with E-state index in [1.165, 1.54) is 0 Å². The number of nitrogens with zero attached hydrogens (tertiary/aromatic N) is 1. The second kappa shape index (κ2) is 5.09. The molecule has 0 spiro atoms. The molecular formula is C14H20N2O3. The summed E-state index contributed by atoms with van der Waals surface area (Å²) in [6.45, 7) is 2.91. The summed E-state index contributed by atoms with van der Waals surface area (Å²) in [5.74, 6) is 0.547. The van der Waals surface area contributed by atoms with Crippen LogP contribution in [0.4, 0.5) is 5.69 Å². The number of carbonyl (C=O) groups excluding carboxylic acids is 1. The number of benzene rings is 1. The average molecular weight is 264 g/mol. The zero-order chi connectivity index (χ0) is 14.0. The first-order valence-corrected chi connectivity index (χ1v) is 6.38. The van der Waals surface area contributed by atoms with Crippen LogP contribution >= 0.6 is 0 Å². The smallest absolute Gasteiger partial charge is 0.255 e. The van der Waals surface area contributed by atoms with Gasteiger partial charge in [-0.2, -0.15) is 0 Å². The van der Waals surface area contributed by atoms with Crippen LogP contribution in [0.1, 0.15) is 30.1 Å². The lowest BCUT2D eigenvalue weighted by Gasteiger charge is -2.36. The minimum absolute atomic E-state index is 0.0874. The van der Waals surface area contributed by atoms with Gasteiger partial charge in [0.05, 0.1) is 18.3 Å². The Kier molecular flexibility index (Phi) is 3.66. The van der Waals surface area contributed by atoms with Gasteiger partial charge in [0.1, 0.15) is 5.75 Å². The number of ether oxygens (including phenoxy) is 1. The van der Waals surface area contributed by atoms with Crippen molar-refractivity contribution in [1.82, 2.24) is 4.90 Å². The number of likely N-dealkylation sites (tertiary alicyclic amines) is 1. The van der Waals surface area contributed by atoms with Gasteiger partial charge in [0.2, 0.25) is 0 Å². The minimum atomic E-state index is -0.664. The summed E-state index contributed by atoms with van der Waals surface area (Å²) >= 11 is 0. The Bertz CT molecular complexity index is 476. The molecular weight excluding hydrogens is 244 g/mol. The van der Waals surface area contributed by atoms with E-state index in [2.05, 4.69) is 0 Å². The van der Waals surface area contributed by atoms with E-state index < -0.39 is 5.60 Å². The molecule has 5 nitrogen and oxygen atoms in total. The second-order valence-corrected chi connectivity index (χ2v) is 5.24. The van der Waals surface area contributed by atoms with Gasteiger partial charge in [0.25, 0.3) is 5.91 Å². The Hall–Kier alpha value is -1.75. The first-order chi connectivity index (χ1) is 8.93. The molecule has 1 aliphatic rings. The molecule has 1 saturated heterocycles. The van der Waals surface area contributed by atoms with Crippen molar-refractivity contribution in [3.05, 3.63) is 23.8 Å². The van der Waals surface area contributed by atoms with E-state index in [1.807, 2.05) is 0 Å². The molecule has 2 rings (SSSR count). The molecule has 19 heavy (non-hydrogen) atoms. The fourth-order valence-electron chi connectivity index (χ4n) is 2.22. The molecule has 104 valence electrons. The van der Waals surface area contributed by atoms with Gasteiger partial charge < -0.3 is 20.5 Å². The first-order valence-electron chi connectivity index (χ1n) is 6.38. The van der Waals surface area contributed by atoms with E-state index >= 15 is 0 Å². The van der Waals surface area contributed by atoms with Crippen molar-refractivity contribution in [2.24, 2.45) is 0 Å². The van der Waals surface area contributed by atoms with Gasteiger partial charge >= 0.3 is 0 Å². The second-order valence-electron chi connectivity index (χ2n) is 5.24. The van der Waals surface area contributed by atoms with Crippen LogP contribution in [-0.4, -0.2) is 41.7 Å². The normalized spacial score (nSPS) is 18.2. The molecule has 0 aliphatic carbocycles. The highest BCUT2D eigenvalue weighted by molar-refractivity contribution is 5.99. The number of anilines is 1. The summed E-state index contributed by atoms with van der Waals surface area (Å²) < 4.78 is 5.06. The Morgan fingerprint density at radius 1 is 1.42 bits per heavy atom. The molecule has 0 unspecified atom stereocenters. The number of nitrogen functional groups attached to an aromatic ring is 1. The molecule has 1 aliphatic heterocycles. The van der Waals surface area contributed by atoms with Gasteiger partial charge in [0.15, 0.2) is 0 Å². The topological polar surface area (TPSA) is 75.8 Å². The molecule has 1 aromatic carbocycles. The van der Waals surface area contributed by atoms with Crippen molar-refractivity contribution in [2.45, 2.75) is 25.4 Å². The third-order valence-electron chi connectivity index (χ3n) is 3.62. The third kappa shape index (κ3) is 2.98. The maximum Gasteiger partial charge on any atom is 0.255 e. The van der Waals surface area contributed by atoms with Crippen molar-refractivity contribution in [3.63, 3.8) is 0 Å². The van der Waals surface area contributed by atoms with Gasteiger partial charge in [-0.3, -0.25) is 4.79 Å². The van der Waals surface area contributed by atoms with Crippen LogP contribution in [0, 0.1) is 0 Å². The zero-order valence-corrected chi connectivity index (χ0v) is 11.3. The Labute approximate surface area is 113 Å². The first kappa shape index (κ1) is 13.7. The summed E-state index contributed by atoms with van der Waals surface area (Å²) in [6.07, 6.45) is 1.18. The highest BCUT2D eigenvalue weighted by Crippen LogP contribution is 2.25. The van der Waals surface area contributed by atoms with Crippen LogP contribution in [0.15, 0.2) is 18.2 Å². The summed E-state index contributed by atoms with van der Waals surface area (Å²) in [5.41, 5.74) is 6.12. The number of piperidine rings is 1. The van der Waals surface area contributed by atoms with E-state index in [-0.39, 0.29) is 5.91 Å². The Morgan fingerprint density at radius 3 is 2.58 bits per heavy atom. The molecule has 5 heteroatoms. The number of methoxy groups -OCH3 is 1. The zero-order valence-electron chi connectivity index (χ0n) is 11.3. The summed E-state index contributed by atoms with van der Waals surface area (Å²) in [7, 11) is 1.56. The van der Waals surface area contributed by atoms with Crippen LogP contribution in [-0.2, 0) is 0 Å². The summed E-state index contributed by atoms with van der Waals surface area (Å²) in [6, 6.07) is 5.06. The lowest BCUT2D eigenvalue weighted by molar-refractivity contribution is -0.00198. The van der Waals surface area contributed by atoms with Crippen LogP contribution in [0.5, 0.6) is 5.75 Å². The van der Waals surface area contributed by atoms with Crippen molar-refractivity contribution in [1.29, 1.82) is 0 Å². The lowest BCUT2D eigenvalue weighted by Crippen LogP contribution is -2.45. The molecule has 0 atom stereocenters. The van der Waals surface area contributed by atoms with Gasteiger partial charge in [-0.15, -0.1) is 0 Å². The summed E-state index contributed by atoms with van der Waals surface area (Å²) in [5, 5.41) is 9.89. The monoisotopic (exact) mass is 264 g/mol. The molecule has 0 bridgehead atoms. The number of amides is 1. The van der Waals surface area contributed by atoms with E-state index in [9.17, 15) is 9.90 Å². The highest BCUT2D eigenvalue weighted by atomic mass is 16.5. The van der Waals surface area contributed by atoms with Crippen molar-refractivity contribution < 1.29 is 14.6 Å². The van der Waals surface area contributed by atoms with Crippen LogP contribution in [0.2, 0.25) is 0 Å². The maximum absolute atomic E-state index is 12.4. The Balaban J connectivity index is 2.12. The number of hydrogen-bond donors (Lipinski definition) is 2. The quantitative estimate of drug-likeness (QED) is 0.789. The predicted octanol–water partition coefficient (Wildman–Crippen LogP) is 1.26. The molecule has 0 saturated carbocycles. The fourth-order valence-corrected chi connectivity index (χ4v) is 2.22. The average Bonchev–Trinajstić information content (AvgIpc) is 2.37. The predicted molar refractivity (Wildman–Crippen MR) is 73.2 cm³/mol. The molecule has 1 aromatic rings. The van der Waals surface area contributed by atoms with Gasteiger partial charge in [0, 0.05) is 24.8 Å². The molecule has 1 fully saturated rings. The van der Waals surface area contributed by atoms with Crippen LogP contribution < -0.4 is 10.5 Å². The van der Waals surface area contributed by atoms with Crippen LogP contribution in [0.25, 0.3) is 0 Å². The standard InChI is InChI=1S/C14H20N2O3/c1-14(18)5-7-16(8-6-14)13(17)11-4-3-10(19-2)9-12(11)15/h3-4,9,18H,5-8,15H2,1-2H3. The number of rotatable bonds is 2. The molecule has 0 radical (unpaired) electrons. The largest absolute Gasteiger partial charge is 0.497 e. The SMILES string of the molecule is COc1ccc(C(=O)N2CCC(C)(O)CC2)c(N)c1. The lowest BCUT2D eigenvalue weighted by atomic mass is 9.93. The van der Waals surface area contributed by atoms with E-state index in [0.717, 1.165) is 0 Å². The minimum Gasteiger partial charge on any atom is -0.497 e. The van der Waals surface area contributed by atoms with E-state index in [4.69, 9.17) is 10.5 Å². The van der Waals surface area contributed by atoms with E-state index in [1.54, 1.807) is 37.1 Å². The summed E-state index contributed by atoms with van der Waals surface area (Å²) in [4.78, 5) is 14.1. The molecule has 1 heterocycles. The van der Waals surface area contributed by atoms with Gasteiger partial charge in [-0.1, -0.05) is 0 Å². The fraction of sp³-hybridized carbons (Fsp3) is 0.500. The molecule has 1 amide bonds. The molecule has 0 aromatic heterocycles. The van der Waals surface area contributed by atoms with Gasteiger partial charge in [-0.05, 0) is 31.9 Å². The third-order valence-corrected chi connectivity index (χ3v) is 3.62. The molecule has 3 N–H and O–H groups in total. The Morgan fingerprint density at radius 2 is 2.05 bits per heavy atom. The van der Waals surface area contributed by atoms with Crippen molar-refractivity contribution in [2.75, 3.05) is 25.9 Å². The number of aliphatic hydroxyl groups is 1.